The molecule has 0 amide bonds. The first-order valence-corrected chi connectivity index (χ1v) is 7.27. The van der Waals surface area contributed by atoms with E-state index in [2.05, 4.69) is 6.92 Å². The minimum atomic E-state index is -0.704. The van der Waals surface area contributed by atoms with Crippen LogP contribution in [0.15, 0.2) is 0 Å². The van der Waals surface area contributed by atoms with Gasteiger partial charge in [0.15, 0.2) is 0 Å². The molecule has 3 heteroatoms. The number of aliphatic carboxylic acids is 1. The fourth-order valence-corrected chi connectivity index (χ4v) is 2.56. The number of hydrogen-bond acceptors (Lipinski definition) is 2. The van der Waals surface area contributed by atoms with E-state index in [9.17, 15) is 4.79 Å². The Balaban J connectivity index is 2.06. The van der Waals surface area contributed by atoms with Crippen molar-refractivity contribution < 1.29 is 14.6 Å². The Morgan fingerprint density at radius 2 is 2.06 bits per heavy atom. The third-order valence-electron chi connectivity index (χ3n) is 4.02. The van der Waals surface area contributed by atoms with Crippen LogP contribution >= 0.6 is 0 Å². The average molecular weight is 256 g/mol. The van der Waals surface area contributed by atoms with Crippen LogP contribution in [0.5, 0.6) is 0 Å². The molecule has 1 saturated carbocycles. The smallest absolute Gasteiger partial charge is 0.309 e. The summed E-state index contributed by atoms with van der Waals surface area (Å²) in [6.45, 7) is 6.66. The van der Waals surface area contributed by atoms with Gasteiger partial charge in [-0.05, 0) is 45.4 Å². The molecule has 1 rings (SSSR count). The second-order valence-corrected chi connectivity index (χ2v) is 6.41. The van der Waals surface area contributed by atoms with Gasteiger partial charge in [-0.15, -0.1) is 0 Å². The summed E-state index contributed by atoms with van der Waals surface area (Å²) < 4.78 is 5.88. The van der Waals surface area contributed by atoms with E-state index in [4.69, 9.17) is 9.84 Å². The Hall–Kier alpha value is -0.570. The first-order valence-electron chi connectivity index (χ1n) is 7.27. The van der Waals surface area contributed by atoms with Gasteiger partial charge >= 0.3 is 5.97 Å². The van der Waals surface area contributed by atoms with Crippen molar-refractivity contribution in [2.45, 2.75) is 71.8 Å². The molecule has 0 bridgehead atoms. The van der Waals surface area contributed by atoms with Crippen LogP contribution in [-0.2, 0) is 9.53 Å². The zero-order valence-corrected chi connectivity index (χ0v) is 12.1. The zero-order valence-electron chi connectivity index (χ0n) is 12.1. The Labute approximate surface area is 111 Å². The summed E-state index contributed by atoms with van der Waals surface area (Å²) in [6.07, 6.45) is 8.10. The molecule has 0 spiro atoms. The number of ether oxygens (including phenoxy) is 1. The van der Waals surface area contributed by atoms with Crippen molar-refractivity contribution in [3.05, 3.63) is 0 Å². The minimum absolute atomic E-state index is 0.446. The first-order chi connectivity index (χ1) is 8.42. The van der Waals surface area contributed by atoms with Crippen molar-refractivity contribution in [2.24, 2.45) is 11.3 Å². The van der Waals surface area contributed by atoms with Gasteiger partial charge in [0.25, 0.3) is 0 Å². The zero-order chi connectivity index (χ0) is 13.6. The highest BCUT2D eigenvalue weighted by atomic mass is 16.5. The van der Waals surface area contributed by atoms with Gasteiger partial charge in [-0.2, -0.15) is 0 Å². The van der Waals surface area contributed by atoms with E-state index in [0.29, 0.717) is 6.10 Å². The molecule has 2 atom stereocenters. The van der Waals surface area contributed by atoms with Gasteiger partial charge in [-0.25, -0.2) is 0 Å². The standard InChI is InChI=1S/C15H28O3/c1-12-7-6-8-13(11-12)18-10-5-4-9-15(2,3)14(16)17/h12-13H,4-11H2,1-3H3,(H,16,17). The highest BCUT2D eigenvalue weighted by Crippen LogP contribution is 2.26. The van der Waals surface area contributed by atoms with Crippen LogP contribution in [0, 0.1) is 11.3 Å². The largest absolute Gasteiger partial charge is 0.481 e. The van der Waals surface area contributed by atoms with Crippen molar-refractivity contribution in [1.82, 2.24) is 0 Å². The third kappa shape index (κ3) is 5.38. The maximum atomic E-state index is 10.9. The molecule has 3 nitrogen and oxygen atoms in total. The van der Waals surface area contributed by atoms with Crippen molar-refractivity contribution in [2.75, 3.05) is 6.61 Å². The van der Waals surface area contributed by atoms with Crippen molar-refractivity contribution in [3.63, 3.8) is 0 Å². The molecule has 1 fully saturated rings. The predicted octanol–water partition coefficient (Wildman–Crippen LogP) is 3.86. The van der Waals surface area contributed by atoms with Gasteiger partial charge in [-0.3, -0.25) is 4.79 Å². The average Bonchev–Trinajstić information content (AvgIpc) is 2.28. The lowest BCUT2D eigenvalue weighted by molar-refractivity contribution is -0.147. The summed E-state index contributed by atoms with van der Waals surface area (Å²) in [7, 11) is 0. The summed E-state index contributed by atoms with van der Waals surface area (Å²) in [6, 6.07) is 0. The normalized spacial score (nSPS) is 25.1. The first kappa shape index (κ1) is 15.5. The predicted molar refractivity (Wildman–Crippen MR) is 72.6 cm³/mol. The number of carbonyl (C=O) groups is 1. The summed E-state index contributed by atoms with van der Waals surface area (Å²) in [5.74, 6) is 0.0965. The van der Waals surface area contributed by atoms with Crippen LogP contribution in [0.2, 0.25) is 0 Å². The fraction of sp³-hybridized carbons (Fsp3) is 0.933. The lowest BCUT2D eigenvalue weighted by atomic mass is 9.87. The van der Waals surface area contributed by atoms with E-state index in [1.165, 1.54) is 25.7 Å². The highest BCUT2D eigenvalue weighted by molar-refractivity contribution is 5.73. The number of unbranched alkanes of at least 4 members (excludes halogenated alkanes) is 1. The lowest BCUT2D eigenvalue weighted by Crippen LogP contribution is -2.24. The van der Waals surface area contributed by atoms with E-state index >= 15 is 0 Å². The van der Waals surface area contributed by atoms with E-state index in [1.54, 1.807) is 13.8 Å². The molecule has 106 valence electrons. The van der Waals surface area contributed by atoms with Gasteiger partial charge in [0.2, 0.25) is 0 Å². The van der Waals surface area contributed by atoms with Crippen molar-refractivity contribution in [3.8, 4) is 0 Å². The quantitative estimate of drug-likeness (QED) is 0.703. The van der Waals surface area contributed by atoms with E-state index < -0.39 is 11.4 Å². The lowest BCUT2D eigenvalue weighted by Gasteiger charge is -2.27. The Kier molecular flexibility index (Phi) is 6.13. The SMILES string of the molecule is CC1CCCC(OCCCCC(C)(C)C(=O)O)C1. The van der Waals surface area contributed by atoms with Gasteiger partial charge in [0.1, 0.15) is 0 Å². The molecule has 2 unspecified atom stereocenters. The molecule has 0 aromatic heterocycles. The summed E-state index contributed by atoms with van der Waals surface area (Å²) in [5.41, 5.74) is -0.598. The van der Waals surface area contributed by atoms with Crippen molar-refractivity contribution in [1.29, 1.82) is 0 Å². The van der Waals surface area contributed by atoms with Crippen molar-refractivity contribution >= 4 is 5.97 Å². The Morgan fingerprint density at radius 1 is 1.33 bits per heavy atom. The number of carboxylic acid groups (broad SMARTS) is 1. The van der Waals surface area contributed by atoms with Gasteiger partial charge < -0.3 is 9.84 Å². The van der Waals surface area contributed by atoms with Gasteiger partial charge in [0.05, 0.1) is 11.5 Å². The van der Waals surface area contributed by atoms with E-state index in [1.807, 2.05) is 0 Å². The number of carboxylic acids is 1. The molecule has 0 aromatic rings. The van der Waals surface area contributed by atoms with Crippen LogP contribution in [0.3, 0.4) is 0 Å². The molecular formula is C15H28O3. The molecule has 1 aliphatic carbocycles. The summed E-state index contributed by atoms with van der Waals surface area (Å²) in [4.78, 5) is 10.9. The van der Waals surface area contributed by atoms with Gasteiger partial charge in [0, 0.05) is 6.61 Å². The number of rotatable bonds is 7. The van der Waals surface area contributed by atoms with Crippen LogP contribution in [0.25, 0.3) is 0 Å². The molecule has 1 aliphatic rings. The van der Waals surface area contributed by atoms with Crippen LogP contribution < -0.4 is 0 Å². The number of hydrogen-bond donors (Lipinski definition) is 1. The molecule has 18 heavy (non-hydrogen) atoms. The monoisotopic (exact) mass is 256 g/mol. The fourth-order valence-electron chi connectivity index (χ4n) is 2.56. The maximum Gasteiger partial charge on any atom is 0.309 e. The molecule has 1 N–H and O–H groups in total. The molecular weight excluding hydrogens is 228 g/mol. The molecule has 0 saturated heterocycles. The van der Waals surface area contributed by atoms with Gasteiger partial charge in [-0.1, -0.05) is 26.2 Å². The maximum absolute atomic E-state index is 10.9. The molecule has 0 radical (unpaired) electrons. The second kappa shape index (κ2) is 7.13. The second-order valence-electron chi connectivity index (χ2n) is 6.41. The summed E-state index contributed by atoms with van der Waals surface area (Å²) >= 11 is 0. The van der Waals surface area contributed by atoms with Crippen LogP contribution in [-0.4, -0.2) is 23.8 Å². The Morgan fingerprint density at radius 3 is 2.67 bits per heavy atom. The Bertz CT molecular complexity index is 260. The minimum Gasteiger partial charge on any atom is -0.481 e. The van der Waals surface area contributed by atoms with E-state index in [0.717, 1.165) is 31.8 Å². The summed E-state index contributed by atoms with van der Waals surface area (Å²) in [5, 5.41) is 9.00. The molecule has 0 aliphatic heterocycles. The topological polar surface area (TPSA) is 46.5 Å². The van der Waals surface area contributed by atoms with Crippen LogP contribution in [0.4, 0.5) is 0 Å². The van der Waals surface area contributed by atoms with E-state index in [-0.39, 0.29) is 0 Å². The molecule has 0 aromatic carbocycles. The highest BCUT2D eigenvalue weighted by Gasteiger charge is 2.26. The van der Waals surface area contributed by atoms with Crippen LogP contribution in [0.1, 0.15) is 65.7 Å². The molecule has 0 heterocycles. The third-order valence-corrected chi connectivity index (χ3v) is 4.02.